The van der Waals surface area contributed by atoms with Crippen molar-refractivity contribution in [3.63, 3.8) is 0 Å². The molecular weight excluding hydrogens is 244 g/mol. The second-order valence-electron chi connectivity index (χ2n) is 4.10. The van der Waals surface area contributed by atoms with Gasteiger partial charge in [0.1, 0.15) is 4.99 Å². The first kappa shape index (κ1) is 11.0. The first-order valence-corrected chi connectivity index (χ1v) is 6.02. The number of benzene rings is 1. The average Bonchev–Trinajstić information content (AvgIpc) is 2.66. The van der Waals surface area contributed by atoms with Crippen LogP contribution in [0.4, 0.5) is 0 Å². The molecule has 0 N–H and O–H groups in total. The van der Waals surface area contributed by atoms with Gasteiger partial charge < -0.3 is 0 Å². The van der Waals surface area contributed by atoms with Crippen LogP contribution in [0.15, 0.2) is 48.8 Å². The van der Waals surface area contributed by atoms with Crippen LogP contribution in [0.3, 0.4) is 0 Å². The summed E-state index contributed by atoms with van der Waals surface area (Å²) in [6.45, 7) is 0.472. The number of pyridine rings is 1. The lowest BCUT2D eigenvalue weighted by molar-refractivity contribution is 0.0855. The van der Waals surface area contributed by atoms with Crippen LogP contribution < -0.4 is 0 Å². The molecule has 18 heavy (non-hydrogen) atoms. The molecule has 1 aliphatic rings. The van der Waals surface area contributed by atoms with Crippen LogP contribution in [0.2, 0.25) is 0 Å². The fraction of sp³-hybridized carbons (Fsp3) is 0.0714. The van der Waals surface area contributed by atoms with E-state index in [-0.39, 0.29) is 5.91 Å². The lowest BCUT2D eigenvalue weighted by Crippen LogP contribution is -2.28. The zero-order chi connectivity index (χ0) is 12.5. The summed E-state index contributed by atoms with van der Waals surface area (Å²) < 4.78 is 0. The van der Waals surface area contributed by atoms with Gasteiger partial charge in [0.05, 0.1) is 12.1 Å². The Balaban J connectivity index is 1.93. The number of aromatic nitrogens is 1. The highest BCUT2D eigenvalue weighted by Gasteiger charge is 2.31. The van der Waals surface area contributed by atoms with E-state index in [2.05, 4.69) is 4.98 Å². The molecule has 0 bridgehead atoms. The molecule has 3 rings (SSSR count). The number of carbonyl (C=O) groups excluding carboxylic acids is 1. The van der Waals surface area contributed by atoms with E-state index in [1.54, 1.807) is 17.3 Å². The smallest absolute Gasteiger partial charge is 0.259 e. The van der Waals surface area contributed by atoms with Crippen molar-refractivity contribution in [3.05, 3.63) is 65.5 Å². The van der Waals surface area contributed by atoms with Crippen molar-refractivity contribution in [2.45, 2.75) is 6.54 Å². The highest BCUT2D eigenvalue weighted by atomic mass is 32.1. The lowest BCUT2D eigenvalue weighted by atomic mass is 10.1. The van der Waals surface area contributed by atoms with Crippen LogP contribution in [0, 0.1) is 0 Å². The van der Waals surface area contributed by atoms with Crippen molar-refractivity contribution in [2.75, 3.05) is 0 Å². The molecule has 0 radical (unpaired) electrons. The number of carbonyl (C=O) groups is 1. The SMILES string of the molecule is O=C1c2ccccc2C(=S)N1Cc1cccnc1. The number of amides is 1. The minimum absolute atomic E-state index is 0.0283. The number of hydrogen-bond donors (Lipinski definition) is 0. The van der Waals surface area contributed by atoms with Crippen LogP contribution >= 0.6 is 12.2 Å². The molecule has 2 heterocycles. The summed E-state index contributed by atoms with van der Waals surface area (Å²) in [4.78, 5) is 18.5. The number of rotatable bonds is 2. The van der Waals surface area contributed by atoms with Crippen molar-refractivity contribution < 1.29 is 4.79 Å². The maximum Gasteiger partial charge on any atom is 0.259 e. The van der Waals surface area contributed by atoms with Crippen LogP contribution in [-0.4, -0.2) is 20.8 Å². The minimum atomic E-state index is -0.0283. The molecule has 0 saturated heterocycles. The van der Waals surface area contributed by atoms with E-state index in [1.807, 2.05) is 36.4 Å². The fourth-order valence-corrected chi connectivity index (χ4v) is 2.38. The van der Waals surface area contributed by atoms with Crippen molar-refractivity contribution in [2.24, 2.45) is 0 Å². The van der Waals surface area contributed by atoms with Gasteiger partial charge in [-0.1, -0.05) is 36.5 Å². The molecular formula is C14H10N2OS. The molecule has 1 aromatic carbocycles. The summed E-state index contributed by atoms with van der Waals surface area (Å²) in [5.41, 5.74) is 2.51. The molecule has 0 aliphatic carbocycles. The van der Waals surface area contributed by atoms with Crippen molar-refractivity contribution in [3.8, 4) is 0 Å². The van der Waals surface area contributed by atoms with Crippen LogP contribution in [0.25, 0.3) is 0 Å². The molecule has 0 spiro atoms. The zero-order valence-electron chi connectivity index (χ0n) is 9.54. The predicted octanol–water partition coefficient (Wildman–Crippen LogP) is 2.41. The first-order valence-electron chi connectivity index (χ1n) is 5.61. The van der Waals surface area contributed by atoms with Crippen LogP contribution in [0.1, 0.15) is 21.5 Å². The van der Waals surface area contributed by atoms with Gasteiger partial charge in [-0.25, -0.2) is 0 Å². The van der Waals surface area contributed by atoms with Gasteiger partial charge in [0.2, 0.25) is 0 Å². The van der Waals surface area contributed by atoms with Crippen LogP contribution in [-0.2, 0) is 6.54 Å². The molecule has 1 aliphatic heterocycles. The third kappa shape index (κ3) is 1.71. The van der Waals surface area contributed by atoms with E-state index in [4.69, 9.17) is 12.2 Å². The Morgan fingerprint density at radius 3 is 2.56 bits per heavy atom. The van der Waals surface area contributed by atoms with Crippen LogP contribution in [0.5, 0.6) is 0 Å². The molecule has 0 fully saturated rings. The maximum absolute atomic E-state index is 12.2. The topological polar surface area (TPSA) is 33.2 Å². The number of thiocarbonyl (C=S) groups is 1. The van der Waals surface area contributed by atoms with E-state index in [9.17, 15) is 4.79 Å². The second-order valence-corrected chi connectivity index (χ2v) is 4.49. The Bertz CT molecular complexity index is 590. The monoisotopic (exact) mass is 254 g/mol. The van der Waals surface area contributed by atoms with E-state index >= 15 is 0 Å². The van der Waals surface area contributed by atoms with Crippen molar-refractivity contribution in [1.29, 1.82) is 0 Å². The molecule has 4 heteroatoms. The first-order chi connectivity index (χ1) is 8.77. The fourth-order valence-electron chi connectivity index (χ4n) is 2.06. The molecule has 88 valence electrons. The van der Waals surface area contributed by atoms with Gasteiger partial charge in [-0.2, -0.15) is 0 Å². The highest BCUT2D eigenvalue weighted by Crippen LogP contribution is 2.24. The average molecular weight is 254 g/mol. The zero-order valence-corrected chi connectivity index (χ0v) is 10.4. The van der Waals surface area contributed by atoms with Gasteiger partial charge in [0, 0.05) is 18.0 Å². The molecule has 1 amide bonds. The van der Waals surface area contributed by atoms with Crippen molar-refractivity contribution >= 4 is 23.1 Å². The standard InChI is InChI=1S/C14H10N2OS/c17-13-11-5-1-2-6-12(11)14(18)16(13)9-10-4-3-7-15-8-10/h1-8H,9H2. The van der Waals surface area contributed by atoms with Gasteiger partial charge in [0.15, 0.2) is 0 Å². The quantitative estimate of drug-likeness (QED) is 0.772. The molecule has 0 atom stereocenters. The minimum Gasteiger partial charge on any atom is -0.294 e. The summed E-state index contributed by atoms with van der Waals surface area (Å²) in [6.07, 6.45) is 3.46. The largest absolute Gasteiger partial charge is 0.294 e. The number of fused-ring (bicyclic) bond motifs is 1. The Labute approximate surface area is 110 Å². The lowest BCUT2D eigenvalue weighted by Gasteiger charge is -2.15. The second kappa shape index (κ2) is 4.31. The highest BCUT2D eigenvalue weighted by molar-refractivity contribution is 7.80. The summed E-state index contributed by atoms with van der Waals surface area (Å²) >= 11 is 5.36. The summed E-state index contributed by atoms with van der Waals surface area (Å²) in [6, 6.07) is 11.2. The van der Waals surface area contributed by atoms with Gasteiger partial charge in [-0.3, -0.25) is 14.7 Å². The molecule has 0 saturated carbocycles. The third-order valence-electron chi connectivity index (χ3n) is 2.94. The normalized spacial score (nSPS) is 13.9. The Kier molecular flexibility index (Phi) is 2.64. The van der Waals surface area contributed by atoms with E-state index in [0.717, 1.165) is 11.1 Å². The number of nitrogens with zero attached hydrogens (tertiary/aromatic N) is 2. The molecule has 2 aromatic rings. The van der Waals surface area contributed by atoms with Crippen molar-refractivity contribution in [1.82, 2.24) is 9.88 Å². The third-order valence-corrected chi connectivity index (χ3v) is 3.38. The Morgan fingerprint density at radius 2 is 1.89 bits per heavy atom. The van der Waals surface area contributed by atoms with Gasteiger partial charge in [0.25, 0.3) is 5.91 Å². The Hall–Kier alpha value is -2.07. The van der Waals surface area contributed by atoms with Gasteiger partial charge in [-0.15, -0.1) is 0 Å². The summed E-state index contributed by atoms with van der Waals surface area (Å²) in [5.74, 6) is -0.0283. The molecule has 0 unspecified atom stereocenters. The number of hydrogen-bond acceptors (Lipinski definition) is 3. The van der Waals surface area contributed by atoms with E-state index in [0.29, 0.717) is 17.1 Å². The van der Waals surface area contributed by atoms with Gasteiger partial charge in [-0.05, 0) is 17.7 Å². The Morgan fingerprint density at radius 1 is 1.11 bits per heavy atom. The predicted molar refractivity (Wildman–Crippen MR) is 72.3 cm³/mol. The van der Waals surface area contributed by atoms with Gasteiger partial charge >= 0.3 is 0 Å². The van der Waals surface area contributed by atoms with E-state index < -0.39 is 0 Å². The van der Waals surface area contributed by atoms with E-state index in [1.165, 1.54) is 0 Å². The maximum atomic E-state index is 12.2. The molecule has 1 aromatic heterocycles. The summed E-state index contributed by atoms with van der Waals surface area (Å²) in [5, 5.41) is 0. The summed E-state index contributed by atoms with van der Waals surface area (Å²) in [7, 11) is 0. The molecule has 3 nitrogen and oxygen atoms in total.